The van der Waals surface area contributed by atoms with Gasteiger partial charge in [-0.25, -0.2) is 9.18 Å². The average molecular weight is 311 g/mol. The molecule has 116 valence electrons. The highest BCUT2D eigenvalue weighted by Crippen LogP contribution is 2.27. The van der Waals surface area contributed by atoms with Gasteiger partial charge in [0.15, 0.2) is 0 Å². The molecule has 2 rings (SSSR count). The van der Waals surface area contributed by atoms with Gasteiger partial charge in [-0.3, -0.25) is 5.32 Å². The normalized spacial score (nSPS) is 10.4. The number of ether oxygens (including phenoxy) is 2. The minimum atomic E-state index is -3.05. The molecule has 2 aromatic carbocycles. The molecule has 7 heteroatoms. The van der Waals surface area contributed by atoms with Gasteiger partial charge in [0.05, 0.1) is 5.69 Å². The molecule has 0 heterocycles. The standard InChI is InChI=1S/C15H12F3NO3/c1-9-7-11(16)12(8-13(9)22-14(17)18)19-15(20)21-10-5-3-2-4-6-10/h2-8,14H,1H3,(H,19,20). The maximum absolute atomic E-state index is 13.8. The SMILES string of the molecule is Cc1cc(F)c(NC(=O)Oc2ccccc2)cc1OC(F)F. The lowest BCUT2D eigenvalue weighted by Gasteiger charge is -2.12. The van der Waals surface area contributed by atoms with E-state index in [4.69, 9.17) is 4.74 Å². The molecule has 4 nitrogen and oxygen atoms in total. The number of carbonyl (C=O) groups excluding carboxylic acids is 1. The van der Waals surface area contributed by atoms with Crippen LogP contribution in [0.15, 0.2) is 42.5 Å². The second-order valence-corrected chi connectivity index (χ2v) is 4.30. The minimum absolute atomic E-state index is 0.180. The molecule has 0 bridgehead atoms. The molecular weight excluding hydrogens is 299 g/mol. The first-order chi connectivity index (χ1) is 10.5. The first-order valence-corrected chi connectivity index (χ1v) is 6.24. The molecule has 1 amide bonds. The Kier molecular flexibility index (Phi) is 4.88. The Morgan fingerprint density at radius 3 is 2.50 bits per heavy atom. The van der Waals surface area contributed by atoms with Crippen molar-refractivity contribution in [1.82, 2.24) is 0 Å². The van der Waals surface area contributed by atoms with Gasteiger partial charge in [-0.1, -0.05) is 18.2 Å². The Morgan fingerprint density at radius 2 is 1.86 bits per heavy atom. The highest BCUT2D eigenvalue weighted by Gasteiger charge is 2.14. The number of anilines is 1. The molecule has 0 fully saturated rings. The lowest BCUT2D eigenvalue weighted by molar-refractivity contribution is -0.0502. The van der Waals surface area contributed by atoms with Gasteiger partial charge >= 0.3 is 12.7 Å². The second kappa shape index (κ2) is 6.84. The molecule has 0 aromatic heterocycles. The average Bonchev–Trinajstić information content (AvgIpc) is 2.44. The summed E-state index contributed by atoms with van der Waals surface area (Å²) in [6.45, 7) is -1.64. The Balaban J connectivity index is 2.13. The van der Waals surface area contributed by atoms with Gasteiger partial charge < -0.3 is 9.47 Å². The Morgan fingerprint density at radius 1 is 1.18 bits per heavy atom. The topological polar surface area (TPSA) is 47.6 Å². The highest BCUT2D eigenvalue weighted by atomic mass is 19.3. The lowest BCUT2D eigenvalue weighted by Crippen LogP contribution is -2.18. The quantitative estimate of drug-likeness (QED) is 0.913. The van der Waals surface area contributed by atoms with Gasteiger partial charge in [0.2, 0.25) is 0 Å². The molecule has 22 heavy (non-hydrogen) atoms. The van der Waals surface area contributed by atoms with Crippen molar-refractivity contribution in [2.75, 3.05) is 5.32 Å². The maximum Gasteiger partial charge on any atom is 0.417 e. The summed E-state index contributed by atoms with van der Waals surface area (Å²) in [5, 5.41) is 2.14. The zero-order valence-electron chi connectivity index (χ0n) is 11.5. The summed E-state index contributed by atoms with van der Waals surface area (Å²) in [4.78, 5) is 11.7. The fourth-order valence-corrected chi connectivity index (χ4v) is 1.70. The third-order valence-electron chi connectivity index (χ3n) is 2.67. The fraction of sp³-hybridized carbons (Fsp3) is 0.133. The van der Waals surface area contributed by atoms with Gasteiger partial charge in [-0.15, -0.1) is 0 Å². The van der Waals surface area contributed by atoms with Crippen molar-refractivity contribution in [3.63, 3.8) is 0 Å². The number of hydrogen-bond donors (Lipinski definition) is 1. The number of alkyl halides is 2. The summed E-state index contributed by atoms with van der Waals surface area (Å²) in [7, 11) is 0. The highest BCUT2D eigenvalue weighted by molar-refractivity contribution is 5.86. The monoisotopic (exact) mass is 311 g/mol. The number of para-hydroxylation sites is 1. The lowest BCUT2D eigenvalue weighted by atomic mass is 10.2. The fourth-order valence-electron chi connectivity index (χ4n) is 1.70. The van der Waals surface area contributed by atoms with E-state index in [0.29, 0.717) is 0 Å². The predicted molar refractivity (Wildman–Crippen MR) is 73.9 cm³/mol. The summed E-state index contributed by atoms with van der Waals surface area (Å²) in [6, 6.07) is 10.1. The van der Waals surface area contributed by atoms with Gasteiger partial charge in [0, 0.05) is 6.07 Å². The van der Waals surface area contributed by atoms with Crippen LogP contribution in [0.5, 0.6) is 11.5 Å². The summed E-state index contributed by atoms with van der Waals surface area (Å²) < 4.78 is 47.4. The summed E-state index contributed by atoms with van der Waals surface area (Å²) in [6.07, 6.45) is -0.947. The van der Waals surface area contributed by atoms with Crippen molar-refractivity contribution in [1.29, 1.82) is 0 Å². The largest absolute Gasteiger partial charge is 0.434 e. The third-order valence-corrected chi connectivity index (χ3v) is 2.67. The first-order valence-electron chi connectivity index (χ1n) is 6.24. The van der Waals surface area contributed by atoms with Crippen molar-refractivity contribution in [2.24, 2.45) is 0 Å². The smallest absolute Gasteiger partial charge is 0.417 e. The van der Waals surface area contributed by atoms with Crippen LogP contribution in [0.2, 0.25) is 0 Å². The van der Waals surface area contributed by atoms with Crippen molar-refractivity contribution >= 4 is 11.8 Å². The van der Waals surface area contributed by atoms with Crippen molar-refractivity contribution in [2.45, 2.75) is 13.5 Å². The molecule has 0 saturated carbocycles. The zero-order valence-corrected chi connectivity index (χ0v) is 11.5. The first kappa shape index (κ1) is 15.7. The number of aryl methyl sites for hydroxylation is 1. The maximum atomic E-state index is 13.8. The molecule has 0 spiro atoms. The predicted octanol–water partition coefficient (Wildman–Crippen LogP) is 4.35. The van der Waals surface area contributed by atoms with E-state index in [9.17, 15) is 18.0 Å². The van der Waals surface area contributed by atoms with Crippen LogP contribution in [0.3, 0.4) is 0 Å². The number of hydrogen-bond acceptors (Lipinski definition) is 3. The molecule has 0 unspecified atom stereocenters. The summed E-state index contributed by atoms with van der Waals surface area (Å²) >= 11 is 0. The van der Waals surface area contributed by atoms with Gasteiger partial charge in [0.1, 0.15) is 17.3 Å². The second-order valence-electron chi connectivity index (χ2n) is 4.30. The molecule has 0 aliphatic carbocycles. The van der Waals surface area contributed by atoms with E-state index in [2.05, 4.69) is 10.1 Å². The number of carbonyl (C=O) groups is 1. The Hall–Kier alpha value is -2.70. The summed E-state index contributed by atoms with van der Waals surface area (Å²) in [5.41, 5.74) is -0.137. The molecular formula is C15H12F3NO3. The van der Waals surface area contributed by atoms with Crippen LogP contribution in [0.1, 0.15) is 5.56 Å². The van der Waals surface area contributed by atoms with Crippen molar-refractivity contribution in [3.8, 4) is 11.5 Å². The van der Waals surface area contributed by atoms with Crippen LogP contribution in [0, 0.1) is 12.7 Å². The zero-order chi connectivity index (χ0) is 16.1. The van der Waals surface area contributed by atoms with Crippen LogP contribution in [0.25, 0.3) is 0 Å². The van der Waals surface area contributed by atoms with Crippen LogP contribution < -0.4 is 14.8 Å². The van der Waals surface area contributed by atoms with Gasteiger partial charge in [-0.2, -0.15) is 8.78 Å². The van der Waals surface area contributed by atoms with E-state index in [-0.39, 0.29) is 22.7 Å². The molecule has 0 aliphatic rings. The van der Waals surface area contributed by atoms with E-state index in [0.717, 1.165) is 12.1 Å². The number of amides is 1. The molecule has 0 radical (unpaired) electrons. The van der Waals surface area contributed by atoms with E-state index >= 15 is 0 Å². The molecule has 0 aliphatic heterocycles. The minimum Gasteiger partial charge on any atom is -0.434 e. The molecule has 0 atom stereocenters. The van der Waals surface area contributed by atoms with Crippen LogP contribution in [0.4, 0.5) is 23.7 Å². The number of benzene rings is 2. The van der Waals surface area contributed by atoms with E-state index in [1.165, 1.54) is 19.1 Å². The number of rotatable bonds is 4. The number of halogens is 3. The molecule has 2 aromatic rings. The van der Waals surface area contributed by atoms with Gasteiger partial charge in [-0.05, 0) is 30.7 Å². The van der Waals surface area contributed by atoms with Crippen molar-refractivity contribution in [3.05, 3.63) is 53.8 Å². The molecule has 0 saturated heterocycles. The Labute approximate surface area is 124 Å². The van der Waals surface area contributed by atoms with E-state index in [1.807, 2.05) is 0 Å². The van der Waals surface area contributed by atoms with Crippen molar-refractivity contribution < 1.29 is 27.4 Å². The van der Waals surface area contributed by atoms with Crippen LogP contribution >= 0.6 is 0 Å². The van der Waals surface area contributed by atoms with E-state index in [1.54, 1.807) is 18.2 Å². The number of nitrogens with one attached hydrogen (secondary N) is 1. The summed E-state index contributed by atoms with van der Waals surface area (Å²) in [5.74, 6) is -0.757. The van der Waals surface area contributed by atoms with Crippen LogP contribution in [-0.4, -0.2) is 12.7 Å². The third kappa shape index (κ3) is 4.15. The van der Waals surface area contributed by atoms with E-state index < -0.39 is 18.5 Å². The van der Waals surface area contributed by atoms with Gasteiger partial charge in [0.25, 0.3) is 0 Å². The van der Waals surface area contributed by atoms with Crippen LogP contribution in [-0.2, 0) is 0 Å². The molecule has 1 N–H and O–H groups in total. The Bertz CT molecular complexity index is 663.